The zero-order valence-corrected chi connectivity index (χ0v) is 14.0. The van der Waals surface area contributed by atoms with Gasteiger partial charge in [0.05, 0.1) is 11.3 Å². The van der Waals surface area contributed by atoms with E-state index in [9.17, 15) is 4.79 Å². The van der Waals surface area contributed by atoms with Gasteiger partial charge >= 0.3 is 0 Å². The van der Waals surface area contributed by atoms with Crippen LogP contribution in [-0.4, -0.2) is 38.0 Å². The van der Waals surface area contributed by atoms with Crippen LogP contribution < -0.4 is 4.90 Å². The first-order valence-corrected chi connectivity index (χ1v) is 8.22. The van der Waals surface area contributed by atoms with Crippen LogP contribution in [0.4, 0.5) is 5.69 Å². The fourth-order valence-corrected chi connectivity index (χ4v) is 3.75. The maximum absolute atomic E-state index is 13.0. The van der Waals surface area contributed by atoms with Gasteiger partial charge in [0.2, 0.25) is 0 Å². The molecule has 0 spiro atoms. The molecule has 2 aromatic rings. The molecule has 4 heteroatoms. The van der Waals surface area contributed by atoms with Crippen LogP contribution in [0.2, 0.25) is 0 Å². The Hall–Kier alpha value is -1.78. The van der Waals surface area contributed by atoms with Crippen molar-refractivity contribution in [3.05, 3.63) is 53.6 Å². The van der Waals surface area contributed by atoms with Gasteiger partial charge in [-0.3, -0.25) is 4.79 Å². The summed E-state index contributed by atoms with van der Waals surface area (Å²) in [7, 11) is 4.06. The molecule has 1 aliphatic rings. The predicted octanol–water partition coefficient (Wildman–Crippen LogP) is 3.67. The molecule has 0 N–H and O–H groups in total. The number of benzene rings is 2. The number of hydrogen-bond donors (Lipinski definition) is 0. The van der Waals surface area contributed by atoms with Crippen molar-refractivity contribution in [2.75, 3.05) is 32.1 Å². The molecule has 0 fully saturated rings. The van der Waals surface area contributed by atoms with Crippen molar-refractivity contribution in [3.8, 4) is 0 Å². The predicted molar refractivity (Wildman–Crippen MR) is 92.0 cm³/mol. The first-order valence-electron chi connectivity index (χ1n) is 7.41. The zero-order valence-electron chi connectivity index (χ0n) is 13.2. The van der Waals surface area contributed by atoms with Crippen molar-refractivity contribution < 1.29 is 4.79 Å². The van der Waals surface area contributed by atoms with Crippen molar-refractivity contribution in [3.63, 3.8) is 0 Å². The molecule has 0 aliphatic carbocycles. The van der Waals surface area contributed by atoms with Crippen LogP contribution in [0.5, 0.6) is 0 Å². The summed E-state index contributed by atoms with van der Waals surface area (Å²) in [6.45, 7) is 3.64. The van der Waals surface area contributed by atoms with E-state index in [1.54, 1.807) is 11.8 Å². The van der Waals surface area contributed by atoms with E-state index in [1.807, 2.05) is 49.3 Å². The van der Waals surface area contributed by atoms with Crippen molar-refractivity contribution in [2.24, 2.45) is 0 Å². The van der Waals surface area contributed by atoms with E-state index in [0.717, 1.165) is 22.7 Å². The third-order valence-corrected chi connectivity index (χ3v) is 5.14. The van der Waals surface area contributed by atoms with E-state index in [4.69, 9.17) is 0 Å². The summed E-state index contributed by atoms with van der Waals surface area (Å²) in [5, 5.41) is 0. The van der Waals surface area contributed by atoms with Crippen LogP contribution in [0.15, 0.2) is 52.3 Å². The van der Waals surface area contributed by atoms with Crippen molar-refractivity contribution in [1.82, 2.24) is 4.90 Å². The molecule has 0 radical (unpaired) electrons. The van der Waals surface area contributed by atoms with Gasteiger partial charge in [0, 0.05) is 22.9 Å². The van der Waals surface area contributed by atoms with Crippen LogP contribution in [0.3, 0.4) is 0 Å². The van der Waals surface area contributed by atoms with Gasteiger partial charge in [0.1, 0.15) is 0 Å². The molecule has 22 heavy (non-hydrogen) atoms. The molecule has 0 unspecified atom stereocenters. The molecule has 3 rings (SSSR count). The second kappa shape index (κ2) is 6.15. The molecule has 0 bridgehead atoms. The molecule has 3 nitrogen and oxygen atoms in total. The second-order valence-electron chi connectivity index (χ2n) is 5.78. The first kappa shape index (κ1) is 15.1. The fourth-order valence-electron chi connectivity index (χ4n) is 2.60. The highest BCUT2D eigenvalue weighted by Gasteiger charge is 2.27. The molecule has 114 valence electrons. The number of nitrogens with zero attached hydrogens (tertiary/aromatic N) is 2. The van der Waals surface area contributed by atoms with Crippen LogP contribution >= 0.6 is 11.8 Å². The smallest absolute Gasteiger partial charge is 0.259 e. The number of carbonyl (C=O) groups excluding carboxylic acids is 1. The van der Waals surface area contributed by atoms with Crippen LogP contribution in [0.25, 0.3) is 0 Å². The van der Waals surface area contributed by atoms with Crippen molar-refractivity contribution in [2.45, 2.75) is 16.7 Å². The van der Waals surface area contributed by atoms with Gasteiger partial charge < -0.3 is 9.80 Å². The number of fused-ring (bicyclic) bond motifs is 2. The second-order valence-corrected chi connectivity index (χ2v) is 6.83. The molecule has 0 atom stereocenters. The number of likely N-dealkylation sites (N-methyl/N-ethyl adjacent to an activating group) is 1. The molecule has 0 aromatic heterocycles. The minimum Gasteiger partial charge on any atom is -0.308 e. The summed E-state index contributed by atoms with van der Waals surface area (Å²) in [6.07, 6.45) is 0. The van der Waals surface area contributed by atoms with E-state index in [2.05, 4.69) is 24.0 Å². The summed E-state index contributed by atoms with van der Waals surface area (Å²) < 4.78 is 0. The number of amides is 1. The first-order chi connectivity index (χ1) is 10.6. The third-order valence-electron chi connectivity index (χ3n) is 3.83. The van der Waals surface area contributed by atoms with E-state index in [1.165, 1.54) is 10.5 Å². The number of hydrogen-bond acceptors (Lipinski definition) is 3. The molecule has 1 aliphatic heterocycles. The lowest BCUT2D eigenvalue weighted by Crippen LogP contribution is -2.36. The van der Waals surface area contributed by atoms with Gasteiger partial charge in [-0.15, -0.1) is 0 Å². The van der Waals surface area contributed by atoms with Crippen molar-refractivity contribution in [1.29, 1.82) is 0 Å². The summed E-state index contributed by atoms with van der Waals surface area (Å²) in [5.74, 6) is 0.0919. The van der Waals surface area contributed by atoms with Gasteiger partial charge in [0.25, 0.3) is 5.91 Å². The van der Waals surface area contributed by atoms with Gasteiger partial charge in [-0.2, -0.15) is 0 Å². The Morgan fingerprint density at radius 2 is 1.86 bits per heavy atom. The lowest BCUT2D eigenvalue weighted by Gasteiger charge is -2.25. The van der Waals surface area contributed by atoms with Gasteiger partial charge in [-0.1, -0.05) is 36.0 Å². The maximum Gasteiger partial charge on any atom is 0.259 e. The van der Waals surface area contributed by atoms with Gasteiger partial charge in [-0.05, 0) is 44.8 Å². The van der Waals surface area contributed by atoms with E-state index in [-0.39, 0.29) is 5.91 Å². The number of rotatable bonds is 3. The Morgan fingerprint density at radius 3 is 2.64 bits per heavy atom. The quantitative estimate of drug-likeness (QED) is 0.864. The van der Waals surface area contributed by atoms with E-state index < -0.39 is 0 Å². The van der Waals surface area contributed by atoms with Crippen LogP contribution in [-0.2, 0) is 0 Å². The number of carbonyl (C=O) groups is 1. The number of anilines is 1. The molecule has 2 aromatic carbocycles. The Bertz CT molecular complexity index is 712. The molecule has 0 saturated heterocycles. The summed E-state index contributed by atoms with van der Waals surface area (Å²) in [4.78, 5) is 19.3. The number of aryl methyl sites for hydroxylation is 1. The average Bonchev–Trinajstić information content (AvgIpc) is 2.61. The molecule has 1 amide bonds. The average molecular weight is 312 g/mol. The molecule has 0 saturated carbocycles. The van der Waals surface area contributed by atoms with Crippen LogP contribution in [0.1, 0.15) is 15.9 Å². The highest BCUT2D eigenvalue weighted by Crippen LogP contribution is 2.42. The maximum atomic E-state index is 13.0. The molecule has 1 heterocycles. The van der Waals surface area contributed by atoms with Crippen molar-refractivity contribution >= 4 is 23.4 Å². The Balaban J connectivity index is 2.12. The highest BCUT2D eigenvalue weighted by atomic mass is 32.2. The van der Waals surface area contributed by atoms with E-state index in [0.29, 0.717) is 6.54 Å². The normalized spacial score (nSPS) is 13.8. The SMILES string of the molecule is Cc1cccc2c1Sc1ccccc1C(=O)N2CCN(C)C. The minimum atomic E-state index is 0.0919. The summed E-state index contributed by atoms with van der Waals surface area (Å²) in [6, 6.07) is 14.1. The standard InChI is InChI=1S/C18H20N2OS/c1-13-7-6-9-15-17(13)22-16-10-5-4-8-14(16)18(21)20(15)12-11-19(2)3/h4-10H,11-12H2,1-3H3. The van der Waals surface area contributed by atoms with E-state index >= 15 is 0 Å². The largest absolute Gasteiger partial charge is 0.308 e. The topological polar surface area (TPSA) is 23.6 Å². The third kappa shape index (κ3) is 2.76. The lowest BCUT2D eigenvalue weighted by atomic mass is 10.1. The fraction of sp³-hybridized carbons (Fsp3) is 0.278. The lowest BCUT2D eigenvalue weighted by molar-refractivity contribution is 0.0982. The van der Waals surface area contributed by atoms with Gasteiger partial charge in [0.15, 0.2) is 0 Å². The summed E-state index contributed by atoms with van der Waals surface area (Å²) >= 11 is 1.70. The van der Waals surface area contributed by atoms with Gasteiger partial charge in [-0.25, -0.2) is 0 Å². The Kier molecular flexibility index (Phi) is 4.23. The van der Waals surface area contributed by atoms with Crippen LogP contribution in [0, 0.1) is 6.92 Å². The monoisotopic (exact) mass is 312 g/mol. The minimum absolute atomic E-state index is 0.0919. The Labute approximate surface area is 135 Å². The molecular formula is C18H20N2OS. The molecular weight excluding hydrogens is 292 g/mol. The highest BCUT2D eigenvalue weighted by molar-refractivity contribution is 7.99. The summed E-state index contributed by atoms with van der Waals surface area (Å²) in [5.41, 5.74) is 3.02. The Morgan fingerprint density at radius 1 is 1.09 bits per heavy atom. The zero-order chi connectivity index (χ0) is 15.7.